The first kappa shape index (κ1) is 15.8. The lowest BCUT2D eigenvalue weighted by molar-refractivity contribution is 0.851. The molecule has 0 heterocycles. The molecule has 0 fully saturated rings. The largest absolute Gasteiger partial charge is 0.150 e. The Balaban J connectivity index is 3.08. The van der Waals surface area contributed by atoms with Gasteiger partial charge in [0, 0.05) is 4.90 Å². The van der Waals surface area contributed by atoms with Gasteiger partial charge in [0.25, 0.3) is 0 Å². The van der Waals surface area contributed by atoms with Gasteiger partial charge in [0.2, 0.25) is 0 Å². The Morgan fingerprint density at radius 3 is 1.50 bits per heavy atom. The molecule has 0 atom stereocenters. The van der Waals surface area contributed by atoms with Crippen LogP contribution in [0.3, 0.4) is 0 Å². The molecule has 2 heteroatoms. The number of benzene rings is 1. The van der Waals surface area contributed by atoms with Crippen molar-refractivity contribution < 1.29 is 0 Å². The van der Waals surface area contributed by atoms with Crippen LogP contribution in [0.2, 0.25) is 16.6 Å². The molecule has 0 aromatic heterocycles. The third-order valence-electron chi connectivity index (χ3n) is 4.02. The van der Waals surface area contributed by atoms with Gasteiger partial charge in [-0.25, -0.2) is 0 Å². The standard InChI is InChI=1S/C16H28SSi/c1-12(2)18(13(3)4,14(5)6)17-16-10-8-15(7)9-11-16/h8-14H,1-7H3. The molecule has 0 bridgehead atoms. The summed E-state index contributed by atoms with van der Waals surface area (Å²) >= 11 is 2.21. The van der Waals surface area contributed by atoms with Crippen molar-refractivity contribution >= 4 is 18.4 Å². The zero-order valence-electron chi connectivity index (χ0n) is 12.9. The van der Waals surface area contributed by atoms with Gasteiger partial charge < -0.3 is 0 Å². The molecule has 0 saturated heterocycles. The zero-order valence-corrected chi connectivity index (χ0v) is 14.8. The number of hydrogen-bond donors (Lipinski definition) is 0. The van der Waals surface area contributed by atoms with Crippen LogP contribution in [0.15, 0.2) is 29.2 Å². The van der Waals surface area contributed by atoms with Crippen LogP contribution < -0.4 is 0 Å². The Morgan fingerprint density at radius 2 is 1.17 bits per heavy atom. The van der Waals surface area contributed by atoms with Crippen molar-refractivity contribution in [2.24, 2.45) is 0 Å². The van der Waals surface area contributed by atoms with Crippen LogP contribution in [0.25, 0.3) is 0 Å². The fourth-order valence-electron chi connectivity index (χ4n) is 3.16. The van der Waals surface area contributed by atoms with Crippen LogP contribution in [-0.2, 0) is 0 Å². The van der Waals surface area contributed by atoms with Crippen LogP contribution in [-0.4, -0.2) is 7.22 Å². The summed E-state index contributed by atoms with van der Waals surface area (Å²) in [4.78, 5) is 1.46. The predicted octanol–water partition coefficient (Wildman–Crippen LogP) is 6.26. The van der Waals surface area contributed by atoms with Crippen molar-refractivity contribution in [1.29, 1.82) is 0 Å². The highest BCUT2D eigenvalue weighted by Gasteiger charge is 2.43. The monoisotopic (exact) mass is 280 g/mol. The first-order valence-electron chi connectivity index (χ1n) is 7.06. The van der Waals surface area contributed by atoms with Crippen LogP contribution in [0.5, 0.6) is 0 Å². The van der Waals surface area contributed by atoms with E-state index < -0.39 is 7.22 Å². The maximum atomic E-state index is 2.42. The van der Waals surface area contributed by atoms with Gasteiger partial charge in [-0.2, -0.15) is 11.2 Å². The normalized spacial score (nSPS) is 12.8. The molecule has 0 unspecified atom stereocenters. The van der Waals surface area contributed by atoms with E-state index in [1.807, 2.05) is 0 Å². The Hall–Kier alpha value is -0.213. The summed E-state index contributed by atoms with van der Waals surface area (Å²) < 4.78 is 0. The molecule has 1 aromatic carbocycles. The predicted molar refractivity (Wildman–Crippen MR) is 88.1 cm³/mol. The smallest absolute Gasteiger partial charge is 0.131 e. The van der Waals surface area contributed by atoms with Crippen LogP contribution in [0, 0.1) is 6.92 Å². The van der Waals surface area contributed by atoms with E-state index in [2.05, 4.69) is 83.9 Å². The lowest BCUT2D eigenvalue weighted by Crippen LogP contribution is -2.40. The van der Waals surface area contributed by atoms with E-state index in [0.29, 0.717) is 0 Å². The second kappa shape index (κ2) is 6.29. The summed E-state index contributed by atoms with van der Waals surface area (Å²) in [6, 6.07) is 9.08. The fraction of sp³-hybridized carbons (Fsp3) is 0.625. The van der Waals surface area contributed by atoms with Gasteiger partial charge in [-0.1, -0.05) is 59.2 Å². The molecule has 1 aromatic rings. The number of rotatable bonds is 5. The summed E-state index contributed by atoms with van der Waals surface area (Å²) in [5.41, 5.74) is 3.78. The Morgan fingerprint density at radius 1 is 0.778 bits per heavy atom. The van der Waals surface area contributed by atoms with E-state index in [1.165, 1.54) is 10.5 Å². The lowest BCUT2D eigenvalue weighted by atomic mass is 10.2. The molecule has 0 amide bonds. The molecule has 0 aliphatic rings. The molecule has 0 saturated carbocycles. The van der Waals surface area contributed by atoms with Crippen molar-refractivity contribution in [2.45, 2.75) is 70.0 Å². The summed E-state index contributed by atoms with van der Waals surface area (Å²) in [5, 5.41) is 0. The molecular weight excluding hydrogens is 252 g/mol. The maximum absolute atomic E-state index is 2.42. The summed E-state index contributed by atoms with van der Waals surface area (Å²) in [6.07, 6.45) is 0. The average molecular weight is 281 g/mol. The molecule has 0 N–H and O–H groups in total. The first-order valence-corrected chi connectivity index (χ1v) is 10.8. The van der Waals surface area contributed by atoms with E-state index in [-0.39, 0.29) is 0 Å². The Kier molecular flexibility index (Phi) is 5.54. The Labute approximate surface area is 118 Å². The minimum atomic E-state index is -1.37. The lowest BCUT2D eigenvalue weighted by Gasteiger charge is -2.42. The molecule has 0 aliphatic heterocycles. The molecule has 0 spiro atoms. The number of hydrogen-bond acceptors (Lipinski definition) is 1. The minimum Gasteiger partial charge on any atom is -0.150 e. The minimum absolute atomic E-state index is 0.809. The third-order valence-corrected chi connectivity index (χ3v) is 16.3. The molecule has 18 heavy (non-hydrogen) atoms. The quantitative estimate of drug-likeness (QED) is 0.573. The molecule has 0 radical (unpaired) electrons. The van der Waals surface area contributed by atoms with Crippen molar-refractivity contribution in [3.8, 4) is 0 Å². The SMILES string of the molecule is Cc1ccc(S[Si](C(C)C)(C(C)C)C(C)C)cc1. The first-order chi connectivity index (χ1) is 8.30. The molecule has 0 nitrogen and oxygen atoms in total. The topological polar surface area (TPSA) is 0 Å². The molecule has 1 rings (SSSR count). The van der Waals surface area contributed by atoms with Crippen LogP contribution in [0.1, 0.15) is 47.1 Å². The van der Waals surface area contributed by atoms with E-state index >= 15 is 0 Å². The molecular formula is C16H28SSi. The fourth-order valence-corrected chi connectivity index (χ4v) is 12.3. The zero-order chi connectivity index (χ0) is 13.9. The van der Waals surface area contributed by atoms with E-state index in [9.17, 15) is 0 Å². The highest BCUT2D eigenvalue weighted by atomic mass is 32.4. The summed E-state index contributed by atoms with van der Waals surface area (Å²) in [7, 11) is -1.37. The van der Waals surface area contributed by atoms with Crippen LogP contribution in [0.4, 0.5) is 0 Å². The van der Waals surface area contributed by atoms with Gasteiger partial charge >= 0.3 is 0 Å². The Bertz CT molecular complexity index is 343. The molecule has 102 valence electrons. The van der Waals surface area contributed by atoms with Gasteiger partial charge in [0.05, 0.1) is 0 Å². The second-order valence-electron chi connectivity index (χ2n) is 6.23. The van der Waals surface area contributed by atoms with Gasteiger partial charge in [0.15, 0.2) is 0 Å². The highest BCUT2D eigenvalue weighted by molar-refractivity contribution is 8.29. The molecule has 0 aliphatic carbocycles. The third kappa shape index (κ3) is 3.21. The van der Waals surface area contributed by atoms with Crippen molar-refractivity contribution in [1.82, 2.24) is 0 Å². The van der Waals surface area contributed by atoms with E-state index in [1.54, 1.807) is 0 Å². The van der Waals surface area contributed by atoms with Crippen LogP contribution >= 0.6 is 11.2 Å². The second-order valence-corrected chi connectivity index (χ2v) is 14.8. The van der Waals surface area contributed by atoms with E-state index in [4.69, 9.17) is 0 Å². The van der Waals surface area contributed by atoms with Gasteiger partial charge in [-0.15, -0.1) is 0 Å². The van der Waals surface area contributed by atoms with Gasteiger partial charge in [-0.05, 0) is 35.7 Å². The van der Waals surface area contributed by atoms with Crippen molar-refractivity contribution in [3.63, 3.8) is 0 Å². The van der Waals surface area contributed by atoms with Crippen molar-refractivity contribution in [2.75, 3.05) is 0 Å². The summed E-state index contributed by atoms with van der Waals surface area (Å²) in [5.74, 6) is 0. The summed E-state index contributed by atoms with van der Waals surface area (Å²) in [6.45, 7) is 16.7. The number of aryl methyl sites for hydroxylation is 1. The maximum Gasteiger partial charge on any atom is 0.131 e. The van der Waals surface area contributed by atoms with Crippen molar-refractivity contribution in [3.05, 3.63) is 29.8 Å². The van der Waals surface area contributed by atoms with Gasteiger partial charge in [-0.3, -0.25) is 0 Å². The van der Waals surface area contributed by atoms with Gasteiger partial charge in [0.1, 0.15) is 7.22 Å². The van der Waals surface area contributed by atoms with E-state index in [0.717, 1.165) is 16.6 Å². The average Bonchev–Trinajstić information content (AvgIpc) is 2.26. The highest BCUT2D eigenvalue weighted by Crippen LogP contribution is 2.51.